The number of ether oxygens (including phenoxy) is 1. The third-order valence-corrected chi connectivity index (χ3v) is 3.01. The summed E-state index contributed by atoms with van der Waals surface area (Å²) >= 11 is 0. The number of guanidine groups is 1. The average molecular weight is 374 g/mol. The van der Waals surface area contributed by atoms with Crippen LogP contribution in [0.5, 0.6) is 11.5 Å². The molecule has 0 saturated heterocycles. The van der Waals surface area contributed by atoms with E-state index in [0.29, 0.717) is 6.07 Å². The number of nitrogens with two attached hydrogens (primary N) is 2. The van der Waals surface area contributed by atoms with Gasteiger partial charge in [-0.05, 0) is 30.3 Å². The third kappa shape index (κ3) is 4.05. The van der Waals surface area contributed by atoms with Gasteiger partial charge in [-0.3, -0.25) is 9.78 Å². The van der Waals surface area contributed by atoms with Gasteiger partial charge in [-0.15, -0.1) is 0 Å². The Morgan fingerprint density at radius 3 is 2.35 bits per heavy atom. The Bertz CT molecular complexity index is 834. The van der Waals surface area contributed by atoms with Crippen LogP contribution in [0.1, 0.15) is 15.9 Å². The predicted molar refractivity (Wildman–Crippen MR) is 80.8 cm³/mol. The van der Waals surface area contributed by atoms with Crippen molar-refractivity contribution < 1.29 is 31.5 Å². The molecule has 1 heterocycles. The van der Waals surface area contributed by atoms with Crippen LogP contribution >= 0.6 is 0 Å². The highest BCUT2D eigenvalue weighted by Crippen LogP contribution is 2.48. The molecule has 0 aliphatic heterocycles. The SMILES string of the molecule is NC(N)=NC(=O)c1ccc(Oc2cccnc2)c(C(F)(F)C(F)(F)F)c1. The number of hydrogen-bond acceptors (Lipinski definition) is 3. The molecule has 0 saturated carbocycles. The van der Waals surface area contributed by atoms with Crippen LogP contribution in [-0.2, 0) is 5.92 Å². The number of rotatable bonds is 4. The number of pyridine rings is 1. The van der Waals surface area contributed by atoms with Gasteiger partial charge in [0.05, 0.1) is 11.8 Å². The van der Waals surface area contributed by atoms with Crippen LogP contribution in [0.25, 0.3) is 0 Å². The summed E-state index contributed by atoms with van der Waals surface area (Å²) in [6.07, 6.45) is -3.44. The number of alkyl halides is 5. The van der Waals surface area contributed by atoms with E-state index in [0.717, 1.165) is 18.3 Å². The first-order chi connectivity index (χ1) is 12.0. The molecule has 2 rings (SSSR count). The first kappa shape index (κ1) is 19.1. The zero-order valence-corrected chi connectivity index (χ0v) is 12.8. The molecular weight excluding hydrogens is 363 g/mol. The Balaban J connectivity index is 2.57. The molecule has 1 aromatic heterocycles. The predicted octanol–water partition coefficient (Wildman–Crippen LogP) is 2.94. The zero-order valence-electron chi connectivity index (χ0n) is 12.8. The van der Waals surface area contributed by atoms with Crippen molar-refractivity contribution in [2.45, 2.75) is 12.1 Å². The monoisotopic (exact) mass is 374 g/mol. The minimum absolute atomic E-state index is 0.0741. The molecule has 0 atom stereocenters. The molecule has 0 unspecified atom stereocenters. The van der Waals surface area contributed by atoms with E-state index in [4.69, 9.17) is 16.2 Å². The van der Waals surface area contributed by atoms with Crippen molar-refractivity contribution in [3.63, 3.8) is 0 Å². The van der Waals surface area contributed by atoms with Crippen molar-refractivity contribution in [1.82, 2.24) is 4.98 Å². The van der Waals surface area contributed by atoms with Gasteiger partial charge in [-0.2, -0.15) is 26.9 Å². The van der Waals surface area contributed by atoms with E-state index in [1.54, 1.807) is 0 Å². The Hall–Kier alpha value is -3.24. The summed E-state index contributed by atoms with van der Waals surface area (Å²) in [5.74, 6) is -8.03. The number of aromatic nitrogens is 1. The van der Waals surface area contributed by atoms with Gasteiger partial charge in [0.25, 0.3) is 5.91 Å². The first-order valence-corrected chi connectivity index (χ1v) is 6.83. The van der Waals surface area contributed by atoms with Crippen molar-refractivity contribution in [3.8, 4) is 11.5 Å². The molecule has 2 aromatic rings. The van der Waals surface area contributed by atoms with E-state index in [2.05, 4.69) is 9.98 Å². The highest BCUT2D eigenvalue weighted by Gasteiger charge is 2.60. The second-order valence-electron chi connectivity index (χ2n) is 4.92. The van der Waals surface area contributed by atoms with Crippen molar-refractivity contribution in [1.29, 1.82) is 0 Å². The number of carbonyl (C=O) groups is 1. The molecule has 0 spiro atoms. The number of hydrogen-bond donors (Lipinski definition) is 2. The summed E-state index contributed by atoms with van der Waals surface area (Å²) in [6.45, 7) is 0. The van der Waals surface area contributed by atoms with Gasteiger partial charge < -0.3 is 16.2 Å². The largest absolute Gasteiger partial charge is 0.458 e. The maximum Gasteiger partial charge on any atom is 0.458 e. The Kier molecular flexibility index (Phi) is 5.10. The highest BCUT2D eigenvalue weighted by atomic mass is 19.4. The van der Waals surface area contributed by atoms with Crippen LogP contribution < -0.4 is 16.2 Å². The standard InChI is InChI=1S/C15H11F5N4O2/c16-14(17,15(18,19)20)10-6-8(12(25)24-13(21)22)3-4-11(10)26-9-2-1-5-23-7-9/h1-7H,(H4,21,22,24,25). The molecule has 1 aromatic carbocycles. The third-order valence-electron chi connectivity index (χ3n) is 3.01. The normalized spacial score (nSPS) is 11.7. The fraction of sp³-hybridized carbons (Fsp3) is 0.133. The van der Waals surface area contributed by atoms with Gasteiger partial charge in [0, 0.05) is 11.8 Å². The number of nitrogens with zero attached hydrogens (tertiary/aromatic N) is 2. The fourth-order valence-electron chi connectivity index (χ4n) is 1.87. The summed E-state index contributed by atoms with van der Waals surface area (Å²) in [4.78, 5) is 18.5. The van der Waals surface area contributed by atoms with Crippen LogP contribution in [-0.4, -0.2) is 23.0 Å². The van der Waals surface area contributed by atoms with Gasteiger partial charge in [0.2, 0.25) is 0 Å². The minimum atomic E-state index is -5.92. The van der Waals surface area contributed by atoms with E-state index in [1.807, 2.05) is 0 Å². The number of benzene rings is 1. The molecule has 4 N–H and O–H groups in total. The highest BCUT2D eigenvalue weighted by molar-refractivity contribution is 6.02. The lowest BCUT2D eigenvalue weighted by molar-refractivity contribution is -0.289. The maximum atomic E-state index is 13.9. The summed E-state index contributed by atoms with van der Waals surface area (Å²) in [5.41, 5.74) is 7.87. The lowest BCUT2D eigenvalue weighted by atomic mass is 10.0. The summed E-state index contributed by atoms with van der Waals surface area (Å²) in [7, 11) is 0. The van der Waals surface area contributed by atoms with Crippen molar-refractivity contribution >= 4 is 11.9 Å². The van der Waals surface area contributed by atoms with Gasteiger partial charge in [0.15, 0.2) is 5.96 Å². The van der Waals surface area contributed by atoms with Crippen LogP contribution in [0.3, 0.4) is 0 Å². The Labute approximate surface area is 143 Å². The maximum absolute atomic E-state index is 13.9. The zero-order chi connectivity index (χ0) is 19.5. The molecule has 1 amide bonds. The van der Waals surface area contributed by atoms with Gasteiger partial charge in [0.1, 0.15) is 11.5 Å². The second-order valence-corrected chi connectivity index (χ2v) is 4.92. The first-order valence-electron chi connectivity index (χ1n) is 6.83. The molecule has 11 heteroatoms. The van der Waals surface area contributed by atoms with Gasteiger partial charge in [-0.25, -0.2) is 0 Å². The Morgan fingerprint density at radius 2 is 1.81 bits per heavy atom. The molecular formula is C15H11F5N4O2. The van der Waals surface area contributed by atoms with E-state index in [9.17, 15) is 26.7 Å². The van der Waals surface area contributed by atoms with Crippen LogP contribution in [0.2, 0.25) is 0 Å². The lowest BCUT2D eigenvalue weighted by Crippen LogP contribution is -2.34. The average Bonchev–Trinajstić information content (AvgIpc) is 2.54. The van der Waals surface area contributed by atoms with E-state index >= 15 is 0 Å². The van der Waals surface area contributed by atoms with Gasteiger partial charge >= 0.3 is 12.1 Å². The Morgan fingerprint density at radius 1 is 1.12 bits per heavy atom. The summed E-state index contributed by atoms with van der Waals surface area (Å²) in [5, 5.41) is 0. The lowest BCUT2D eigenvalue weighted by Gasteiger charge is -2.22. The molecule has 26 heavy (non-hydrogen) atoms. The summed E-state index contributed by atoms with van der Waals surface area (Å²) in [6, 6.07) is 4.77. The van der Waals surface area contributed by atoms with E-state index < -0.39 is 40.8 Å². The topological polar surface area (TPSA) is 104 Å². The number of amides is 1. The van der Waals surface area contributed by atoms with Crippen molar-refractivity contribution in [2.75, 3.05) is 0 Å². The van der Waals surface area contributed by atoms with Crippen molar-refractivity contribution in [2.24, 2.45) is 16.5 Å². The number of carbonyl (C=O) groups excluding carboxylic acids is 1. The smallest absolute Gasteiger partial charge is 0.455 e. The molecule has 0 aliphatic carbocycles. The van der Waals surface area contributed by atoms with Crippen molar-refractivity contribution in [3.05, 3.63) is 53.9 Å². The second kappa shape index (κ2) is 6.94. The molecule has 0 aliphatic rings. The van der Waals surface area contributed by atoms with Crippen LogP contribution in [0.15, 0.2) is 47.7 Å². The van der Waals surface area contributed by atoms with E-state index in [-0.39, 0.29) is 5.75 Å². The molecule has 0 bridgehead atoms. The fourth-order valence-corrected chi connectivity index (χ4v) is 1.87. The number of aliphatic imine (C=N–C) groups is 1. The molecule has 0 radical (unpaired) electrons. The van der Waals surface area contributed by atoms with Gasteiger partial charge in [-0.1, -0.05) is 0 Å². The number of halogens is 5. The summed E-state index contributed by atoms with van der Waals surface area (Å²) < 4.78 is 71.3. The van der Waals surface area contributed by atoms with Crippen LogP contribution in [0.4, 0.5) is 22.0 Å². The molecule has 6 nitrogen and oxygen atoms in total. The van der Waals surface area contributed by atoms with Crippen LogP contribution in [0, 0.1) is 0 Å². The van der Waals surface area contributed by atoms with E-state index in [1.165, 1.54) is 18.3 Å². The molecule has 0 fully saturated rings. The molecule has 138 valence electrons. The quantitative estimate of drug-likeness (QED) is 0.487. The minimum Gasteiger partial charge on any atom is -0.455 e.